The van der Waals surface area contributed by atoms with Gasteiger partial charge in [-0.1, -0.05) is 30.3 Å². The zero-order chi connectivity index (χ0) is 12.9. The summed E-state index contributed by atoms with van der Waals surface area (Å²) in [6.45, 7) is 0. The van der Waals surface area contributed by atoms with Crippen LogP contribution in [0.15, 0.2) is 30.3 Å². The number of benzene rings is 1. The summed E-state index contributed by atoms with van der Waals surface area (Å²) in [4.78, 5) is 0. The van der Waals surface area contributed by atoms with Gasteiger partial charge in [0.25, 0.3) is 0 Å². The number of hydrogen-bond donors (Lipinski definition) is 1. The van der Waals surface area contributed by atoms with Gasteiger partial charge in [0.1, 0.15) is 9.84 Å². The minimum Gasteiger partial charge on any atom is -0.375 e. The lowest BCUT2D eigenvalue weighted by Gasteiger charge is -2.22. The van der Waals surface area contributed by atoms with Crippen LogP contribution in [-0.4, -0.2) is 33.6 Å². The highest BCUT2D eigenvalue weighted by molar-refractivity contribution is 7.90. The topological polar surface area (TPSA) is 69.4 Å². The Hall–Kier alpha value is -0.910. The van der Waals surface area contributed by atoms with Crippen LogP contribution in [0, 0.1) is 0 Å². The first-order chi connectivity index (χ1) is 7.94. The fraction of sp³-hybridized carbons (Fsp3) is 0.500. The normalized spacial score (nSPS) is 15.5. The van der Waals surface area contributed by atoms with Crippen molar-refractivity contribution in [1.82, 2.24) is 0 Å². The van der Waals surface area contributed by atoms with E-state index >= 15 is 0 Å². The van der Waals surface area contributed by atoms with E-state index in [0.717, 1.165) is 5.56 Å². The van der Waals surface area contributed by atoms with Crippen LogP contribution in [0.5, 0.6) is 0 Å². The first kappa shape index (κ1) is 14.2. The van der Waals surface area contributed by atoms with Gasteiger partial charge in [-0.3, -0.25) is 0 Å². The molecule has 1 aromatic rings. The van der Waals surface area contributed by atoms with Crippen molar-refractivity contribution in [3.8, 4) is 0 Å². The number of nitrogens with two attached hydrogens (primary N) is 1. The van der Waals surface area contributed by atoms with Crippen LogP contribution in [0.3, 0.4) is 0 Å². The Morgan fingerprint density at radius 1 is 1.29 bits per heavy atom. The van der Waals surface area contributed by atoms with Gasteiger partial charge in [0, 0.05) is 19.4 Å². The molecule has 2 N–H and O–H groups in total. The average Bonchev–Trinajstić information content (AvgIpc) is 2.28. The first-order valence-corrected chi connectivity index (χ1v) is 7.51. The van der Waals surface area contributed by atoms with Gasteiger partial charge >= 0.3 is 0 Å². The van der Waals surface area contributed by atoms with E-state index in [-0.39, 0.29) is 17.9 Å². The van der Waals surface area contributed by atoms with Gasteiger partial charge in [-0.25, -0.2) is 8.42 Å². The second-order valence-corrected chi connectivity index (χ2v) is 6.41. The van der Waals surface area contributed by atoms with Gasteiger partial charge in [0.15, 0.2) is 0 Å². The van der Waals surface area contributed by atoms with Gasteiger partial charge in [0.2, 0.25) is 0 Å². The van der Waals surface area contributed by atoms with Gasteiger partial charge in [-0.05, 0) is 12.0 Å². The Morgan fingerprint density at radius 3 is 2.35 bits per heavy atom. The second-order valence-electron chi connectivity index (χ2n) is 4.15. The number of ether oxygens (including phenoxy) is 1. The van der Waals surface area contributed by atoms with Gasteiger partial charge in [-0.2, -0.15) is 0 Å². The molecule has 0 bridgehead atoms. The third-order valence-electron chi connectivity index (χ3n) is 2.59. The molecule has 0 fully saturated rings. The standard InChI is InChI=1S/C12H19NO3S/c1-16-12(10-6-4-3-5-7-10)11(13)8-9-17(2,14)15/h3-7,11-12H,8-9,13H2,1-2H3. The molecule has 0 saturated heterocycles. The lowest BCUT2D eigenvalue weighted by Crippen LogP contribution is -2.31. The zero-order valence-electron chi connectivity index (χ0n) is 10.2. The Bertz CT molecular complexity index is 430. The molecule has 0 heterocycles. The summed E-state index contributed by atoms with van der Waals surface area (Å²) in [7, 11) is -1.40. The maximum atomic E-state index is 11.1. The molecule has 0 spiro atoms. The molecular weight excluding hydrogens is 238 g/mol. The minimum atomic E-state index is -2.98. The van der Waals surface area contributed by atoms with E-state index in [2.05, 4.69) is 0 Å². The first-order valence-electron chi connectivity index (χ1n) is 5.45. The fourth-order valence-corrected chi connectivity index (χ4v) is 2.40. The molecule has 4 nitrogen and oxygen atoms in total. The highest BCUT2D eigenvalue weighted by Gasteiger charge is 2.20. The monoisotopic (exact) mass is 257 g/mol. The number of rotatable bonds is 6. The third kappa shape index (κ3) is 4.85. The van der Waals surface area contributed by atoms with E-state index in [4.69, 9.17) is 10.5 Å². The molecule has 1 rings (SSSR count). The van der Waals surface area contributed by atoms with E-state index in [1.54, 1.807) is 7.11 Å². The van der Waals surface area contributed by atoms with Crippen molar-refractivity contribution in [2.45, 2.75) is 18.6 Å². The fourth-order valence-electron chi connectivity index (χ4n) is 1.70. The summed E-state index contributed by atoms with van der Waals surface area (Å²) >= 11 is 0. The summed E-state index contributed by atoms with van der Waals surface area (Å²) in [5.74, 6) is 0.0842. The molecule has 0 aromatic heterocycles. The van der Waals surface area contributed by atoms with Crippen LogP contribution in [0.4, 0.5) is 0 Å². The van der Waals surface area contributed by atoms with Crippen molar-refractivity contribution in [3.05, 3.63) is 35.9 Å². The van der Waals surface area contributed by atoms with Crippen molar-refractivity contribution in [3.63, 3.8) is 0 Å². The Kier molecular flexibility index (Phi) is 5.11. The number of sulfone groups is 1. The van der Waals surface area contributed by atoms with Crippen LogP contribution in [-0.2, 0) is 14.6 Å². The summed E-state index contributed by atoms with van der Waals surface area (Å²) < 4.78 is 27.5. The quantitative estimate of drug-likeness (QED) is 0.829. The van der Waals surface area contributed by atoms with Crippen LogP contribution < -0.4 is 5.73 Å². The number of hydrogen-bond acceptors (Lipinski definition) is 4. The highest BCUT2D eigenvalue weighted by atomic mass is 32.2. The van der Waals surface area contributed by atoms with Crippen LogP contribution in [0.2, 0.25) is 0 Å². The molecule has 1 aromatic carbocycles. The zero-order valence-corrected chi connectivity index (χ0v) is 11.0. The molecule has 0 aliphatic heterocycles. The molecule has 96 valence electrons. The molecule has 2 atom stereocenters. The lowest BCUT2D eigenvalue weighted by atomic mass is 10.0. The second kappa shape index (κ2) is 6.14. The molecule has 0 aliphatic carbocycles. The number of methoxy groups -OCH3 is 1. The maximum absolute atomic E-state index is 11.1. The van der Waals surface area contributed by atoms with Gasteiger partial charge in [-0.15, -0.1) is 0 Å². The SMILES string of the molecule is COC(c1ccccc1)C(N)CCS(C)(=O)=O. The van der Waals surface area contributed by atoms with E-state index in [1.807, 2.05) is 30.3 Å². The summed E-state index contributed by atoms with van der Waals surface area (Å²) in [6, 6.07) is 9.26. The Balaban J connectivity index is 2.68. The average molecular weight is 257 g/mol. The predicted molar refractivity (Wildman–Crippen MR) is 68.5 cm³/mol. The largest absolute Gasteiger partial charge is 0.375 e. The molecule has 0 saturated carbocycles. The Morgan fingerprint density at radius 2 is 1.88 bits per heavy atom. The molecule has 5 heteroatoms. The van der Waals surface area contributed by atoms with Gasteiger partial charge in [0.05, 0.1) is 11.9 Å². The van der Waals surface area contributed by atoms with E-state index in [9.17, 15) is 8.42 Å². The minimum absolute atomic E-state index is 0.0842. The summed E-state index contributed by atoms with van der Waals surface area (Å²) in [5, 5.41) is 0. The maximum Gasteiger partial charge on any atom is 0.147 e. The molecule has 0 radical (unpaired) electrons. The van der Waals surface area contributed by atoms with E-state index < -0.39 is 9.84 Å². The summed E-state index contributed by atoms with van der Waals surface area (Å²) in [6.07, 6.45) is 1.34. The molecule has 2 unspecified atom stereocenters. The molecule has 17 heavy (non-hydrogen) atoms. The third-order valence-corrected chi connectivity index (χ3v) is 3.57. The smallest absolute Gasteiger partial charge is 0.147 e. The lowest BCUT2D eigenvalue weighted by molar-refractivity contribution is 0.0793. The van der Waals surface area contributed by atoms with Crippen molar-refractivity contribution in [2.75, 3.05) is 19.1 Å². The van der Waals surface area contributed by atoms with Crippen molar-refractivity contribution >= 4 is 9.84 Å². The van der Waals surface area contributed by atoms with Crippen molar-refractivity contribution < 1.29 is 13.2 Å². The van der Waals surface area contributed by atoms with Crippen LogP contribution >= 0.6 is 0 Å². The van der Waals surface area contributed by atoms with E-state index in [1.165, 1.54) is 6.26 Å². The molecule has 0 aliphatic rings. The molecule has 0 amide bonds. The highest BCUT2D eigenvalue weighted by Crippen LogP contribution is 2.21. The van der Waals surface area contributed by atoms with E-state index in [0.29, 0.717) is 6.42 Å². The van der Waals surface area contributed by atoms with Gasteiger partial charge < -0.3 is 10.5 Å². The molecular formula is C12H19NO3S. The van der Waals surface area contributed by atoms with Crippen molar-refractivity contribution in [1.29, 1.82) is 0 Å². The summed E-state index contributed by atoms with van der Waals surface area (Å²) in [5.41, 5.74) is 6.95. The van der Waals surface area contributed by atoms with Crippen LogP contribution in [0.1, 0.15) is 18.1 Å². The Labute approximate surface area is 103 Å². The predicted octanol–water partition coefficient (Wildman–Crippen LogP) is 1.14. The van der Waals surface area contributed by atoms with Crippen LogP contribution in [0.25, 0.3) is 0 Å². The van der Waals surface area contributed by atoms with Crippen molar-refractivity contribution in [2.24, 2.45) is 5.73 Å².